The lowest BCUT2D eigenvalue weighted by atomic mass is 10.2. The Labute approximate surface area is 202 Å². The zero-order valence-electron chi connectivity index (χ0n) is 18.9. The van der Waals surface area contributed by atoms with Crippen LogP contribution in [0.4, 0.5) is 5.13 Å². The number of rotatable bonds is 8. The van der Waals surface area contributed by atoms with Crippen LogP contribution in [0, 0.1) is 0 Å². The van der Waals surface area contributed by atoms with Gasteiger partial charge >= 0.3 is 0 Å². The first-order chi connectivity index (χ1) is 16.0. The molecule has 1 aliphatic rings. The average Bonchev–Trinajstić information content (AvgIpc) is 3.28. The molecule has 1 N–H and O–H groups in total. The number of piperazine rings is 1. The number of fused-ring (bicyclic) bond motifs is 1. The number of methoxy groups -OCH3 is 3. The zero-order chi connectivity index (χ0) is 23.4. The number of carbonyl (C=O) groups excluding carboxylic acids is 1. The van der Waals surface area contributed by atoms with Crippen molar-refractivity contribution in [3.63, 3.8) is 0 Å². The number of thiazole rings is 1. The molecule has 176 valence electrons. The lowest BCUT2D eigenvalue weighted by Crippen LogP contribution is -2.48. The van der Waals surface area contributed by atoms with Gasteiger partial charge in [-0.15, -0.1) is 0 Å². The van der Waals surface area contributed by atoms with Crippen molar-refractivity contribution in [3.05, 3.63) is 40.9 Å². The predicted octanol–water partition coefficient (Wildman–Crippen LogP) is 3.53. The minimum Gasteiger partial charge on any atom is -0.497 e. The molecule has 0 atom stereocenters. The van der Waals surface area contributed by atoms with Gasteiger partial charge in [0, 0.05) is 50.9 Å². The molecule has 1 fully saturated rings. The molecular formula is C23H27ClN4O4S. The Bertz CT molecular complexity index is 1110. The number of hydrogen-bond donors (Lipinski definition) is 1. The van der Waals surface area contributed by atoms with Crippen LogP contribution in [0.25, 0.3) is 10.2 Å². The van der Waals surface area contributed by atoms with E-state index in [0.29, 0.717) is 34.4 Å². The maximum atomic E-state index is 12.5. The van der Waals surface area contributed by atoms with E-state index < -0.39 is 0 Å². The third kappa shape index (κ3) is 5.26. The van der Waals surface area contributed by atoms with Gasteiger partial charge in [-0.25, -0.2) is 4.98 Å². The van der Waals surface area contributed by atoms with Gasteiger partial charge in [0.2, 0.25) is 0 Å². The monoisotopic (exact) mass is 490 g/mol. The summed E-state index contributed by atoms with van der Waals surface area (Å²) in [6.45, 7) is 4.89. The highest BCUT2D eigenvalue weighted by Gasteiger charge is 2.21. The van der Waals surface area contributed by atoms with E-state index in [9.17, 15) is 4.79 Å². The molecule has 0 spiro atoms. The van der Waals surface area contributed by atoms with Crippen LogP contribution in [-0.4, -0.2) is 76.4 Å². The summed E-state index contributed by atoms with van der Waals surface area (Å²) in [4.78, 5) is 22.0. The summed E-state index contributed by atoms with van der Waals surface area (Å²) in [5, 5.41) is 4.53. The first kappa shape index (κ1) is 23.4. The van der Waals surface area contributed by atoms with Crippen molar-refractivity contribution >= 4 is 44.2 Å². The van der Waals surface area contributed by atoms with Crippen LogP contribution in [-0.2, 0) is 0 Å². The highest BCUT2D eigenvalue weighted by Crippen LogP contribution is 2.38. The lowest BCUT2D eigenvalue weighted by molar-refractivity contribution is 0.0947. The molecule has 0 unspecified atom stereocenters. The van der Waals surface area contributed by atoms with Gasteiger partial charge in [0.1, 0.15) is 17.0 Å². The maximum absolute atomic E-state index is 12.5. The molecule has 33 heavy (non-hydrogen) atoms. The molecule has 8 nitrogen and oxygen atoms in total. The van der Waals surface area contributed by atoms with E-state index in [1.165, 1.54) is 0 Å². The number of hydrogen-bond acceptors (Lipinski definition) is 8. The molecule has 2 aromatic carbocycles. The topological polar surface area (TPSA) is 76.2 Å². The number of nitrogens with one attached hydrogen (secondary N) is 1. The number of anilines is 1. The molecule has 3 aromatic rings. The summed E-state index contributed by atoms with van der Waals surface area (Å²) in [5.74, 6) is 1.66. The molecule has 4 rings (SSSR count). The standard InChI is InChI=1S/C23H27ClN4O4S/c1-30-16-12-15(13-17(14-16)31-2)22(29)25-6-7-27-8-10-28(11-9-27)23-26-20-19(33-23)5-4-18(24)21(20)32-3/h4-5,12-14H,6-11H2,1-3H3,(H,25,29). The van der Waals surface area contributed by atoms with Gasteiger partial charge in [0.25, 0.3) is 5.91 Å². The Balaban J connectivity index is 1.29. The van der Waals surface area contributed by atoms with E-state index in [0.717, 1.165) is 48.1 Å². The molecule has 1 aromatic heterocycles. The van der Waals surface area contributed by atoms with Crippen LogP contribution in [0.1, 0.15) is 10.4 Å². The Hall–Kier alpha value is -2.75. The summed E-state index contributed by atoms with van der Waals surface area (Å²) in [5.41, 5.74) is 1.33. The predicted molar refractivity (Wildman–Crippen MR) is 132 cm³/mol. The second-order valence-corrected chi connectivity index (χ2v) is 9.03. The molecule has 1 saturated heterocycles. The van der Waals surface area contributed by atoms with Crippen LogP contribution in [0.15, 0.2) is 30.3 Å². The molecule has 2 heterocycles. The Morgan fingerprint density at radius 3 is 2.39 bits per heavy atom. The number of nitrogens with zero attached hydrogens (tertiary/aromatic N) is 3. The van der Waals surface area contributed by atoms with Crippen LogP contribution >= 0.6 is 22.9 Å². The SMILES string of the molecule is COc1cc(OC)cc(C(=O)NCCN2CCN(c3nc4c(OC)c(Cl)ccc4s3)CC2)c1. The number of amides is 1. The van der Waals surface area contributed by atoms with E-state index >= 15 is 0 Å². The Morgan fingerprint density at radius 1 is 1.06 bits per heavy atom. The van der Waals surface area contributed by atoms with Gasteiger partial charge in [-0.05, 0) is 24.3 Å². The largest absolute Gasteiger partial charge is 0.497 e. The summed E-state index contributed by atoms with van der Waals surface area (Å²) < 4.78 is 17.0. The highest BCUT2D eigenvalue weighted by molar-refractivity contribution is 7.22. The van der Waals surface area contributed by atoms with Crippen LogP contribution < -0.4 is 24.4 Å². The van der Waals surface area contributed by atoms with E-state index in [-0.39, 0.29) is 5.91 Å². The number of ether oxygens (including phenoxy) is 3. The summed E-state index contributed by atoms with van der Waals surface area (Å²) in [7, 11) is 4.74. The fourth-order valence-corrected chi connectivity index (χ4v) is 5.04. The average molecular weight is 491 g/mol. The maximum Gasteiger partial charge on any atom is 0.251 e. The fraction of sp³-hybridized carbons (Fsp3) is 0.391. The van der Waals surface area contributed by atoms with Crippen molar-refractivity contribution in [2.24, 2.45) is 0 Å². The molecule has 0 bridgehead atoms. The third-order valence-corrected chi connectivity index (χ3v) is 7.01. The van der Waals surface area contributed by atoms with Crippen LogP contribution in [0.3, 0.4) is 0 Å². The van der Waals surface area contributed by atoms with Crippen molar-refractivity contribution in [2.45, 2.75) is 0 Å². The van der Waals surface area contributed by atoms with Crippen LogP contribution in [0.2, 0.25) is 5.02 Å². The van der Waals surface area contributed by atoms with Crippen molar-refractivity contribution in [3.8, 4) is 17.2 Å². The van der Waals surface area contributed by atoms with Gasteiger partial charge in [-0.3, -0.25) is 9.69 Å². The zero-order valence-corrected chi connectivity index (χ0v) is 20.5. The van der Waals surface area contributed by atoms with Crippen molar-refractivity contribution in [2.75, 3.05) is 65.5 Å². The third-order valence-electron chi connectivity index (χ3n) is 5.63. The molecule has 1 aliphatic heterocycles. The molecular weight excluding hydrogens is 464 g/mol. The first-order valence-electron chi connectivity index (χ1n) is 10.6. The molecule has 0 radical (unpaired) electrons. The Morgan fingerprint density at radius 2 is 1.76 bits per heavy atom. The minimum absolute atomic E-state index is 0.145. The van der Waals surface area contributed by atoms with Gasteiger partial charge < -0.3 is 24.4 Å². The summed E-state index contributed by atoms with van der Waals surface area (Å²) in [6.07, 6.45) is 0. The van der Waals surface area contributed by atoms with E-state index in [1.807, 2.05) is 12.1 Å². The van der Waals surface area contributed by atoms with Crippen molar-refractivity contribution in [1.29, 1.82) is 0 Å². The number of benzene rings is 2. The van der Waals surface area contributed by atoms with Crippen molar-refractivity contribution in [1.82, 2.24) is 15.2 Å². The lowest BCUT2D eigenvalue weighted by Gasteiger charge is -2.34. The fourth-order valence-electron chi connectivity index (χ4n) is 3.79. The summed E-state index contributed by atoms with van der Waals surface area (Å²) >= 11 is 7.88. The molecule has 10 heteroatoms. The van der Waals surface area contributed by atoms with Gasteiger partial charge in [-0.2, -0.15) is 0 Å². The molecule has 0 saturated carbocycles. The van der Waals surface area contributed by atoms with Gasteiger partial charge in [0.15, 0.2) is 10.9 Å². The van der Waals surface area contributed by atoms with Crippen LogP contribution in [0.5, 0.6) is 17.2 Å². The first-order valence-corrected chi connectivity index (χ1v) is 11.8. The van der Waals surface area contributed by atoms with E-state index in [4.69, 9.17) is 30.8 Å². The second-order valence-electron chi connectivity index (χ2n) is 7.61. The number of aromatic nitrogens is 1. The minimum atomic E-state index is -0.145. The number of carbonyl (C=O) groups is 1. The van der Waals surface area contributed by atoms with E-state index in [1.54, 1.807) is 50.9 Å². The second kappa shape index (κ2) is 10.5. The molecule has 0 aliphatic carbocycles. The smallest absolute Gasteiger partial charge is 0.251 e. The van der Waals surface area contributed by atoms with Crippen molar-refractivity contribution < 1.29 is 19.0 Å². The normalized spacial score (nSPS) is 14.4. The van der Waals surface area contributed by atoms with E-state index in [2.05, 4.69) is 15.1 Å². The molecule has 1 amide bonds. The Kier molecular flexibility index (Phi) is 7.42. The van der Waals surface area contributed by atoms with Gasteiger partial charge in [0.05, 0.1) is 31.1 Å². The highest BCUT2D eigenvalue weighted by atomic mass is 35.5. The summed E-state index contributed by atoms with van der Waals surface area (Å²) in [6, 6.07) is 8.98. The quantitative estimate of drug-likeness (QED) is 0.517. The van der Waals surface area contributed by atoms with Gasteiger partial charge in [-0.1, -0.05) is 22.9 Å². The number of halogens is 1.